The molecule has 1 N–H and O–H groups in total. The first kappa shape index (κ1) is 12.7. The summed E-state index contributed by atoms with van der Waals surface area (Å²) in [6.07, 6.45) is 15.4. The van der Waals surface area contributed by atoms with Crippen molar-refractivity contribution in [2.75, 3.05) is 0 Å². The first-order valence-electron chi connectivity index (χ1n) is 7.16. The smallest absolute Gasteiger partial charge is 0.310 e. The molecule has 17 heavy (non-hydrogen) atoms. The Bertz CT molecular complexity index is 285. The van der Waals surface area contributed by atoms with Gasteiger partial charge in [0.15, 0.2) is 0 Å². The van der Waals surface area contributed by atoms with Gasteiger partial charge in [0.1, 0.15) is 0 Å². The lowest BCUT2D eigenvalue weighted by molar-refractivity contribution is -0.153. The number of hydrogen-bond acceptors (Lipinski definition) is 1. The van der Waals surface area contributed by atoms with Crippen molar-refractivity contribution < 1.29 is 9.90 Å². The summed E-state index contributed by atoms with van der Waals surface area (Å²) in [6.45, 7) is 0. The molecule has 1 atom stereocenters. The van der Waals surface area contributed by atoms with Gasteiger partial charge in [0.25, 0.3) is 0 Å². The molecule has 0 bridgehead atoms. The van der Waals surface area contributed by atoms with Gasteiger partial charge in [-0.15, -0.1) is 0 Å². The van der Waals surface area contributed by atoms with Crippen LogP contribution in [0.15, 0.2) is 12.2 Å². The zero-order valence-electron chi connectivity index (χ0n) is 10.7. The van der Waals surface area contributed by atoms with E-state index in [1.807, 2.05) is 0 Å². The summed E-state index contributed by atoms with van der Waals surface area (Å²) in [4.78, 5) is 11.8. The number of hydrogen-bond donors (Lipinski definition) is 1. The van der Waals surface area contributed by atoms with Gasteiger partial charge in [0.05, 0.1) is 5.41 Å². The van der Waals surface area contributed by atoms with Crippen molar-refractivity contribution >= 4 is 5.97 Å². The third-order valence-corrected chi connectivity index (χ3v) is 4.64. The Morgan fingerprint density at radius 3 is 2.24 bits per heavy atom. The fraction of sp³-hybridized carbons (Fsp3) is 0.800. The van der Waals surface area contributed by atoms with Crippen LogP contribution in [0.25, 0.3) is 0 Å². The highest BCUT2D eigenvalue weighted by atomic mass is 16.4. The second kappa shape index (κ2) is 5.70. The van der Waals surface area contributed by atoms with Crippen molar-refractivity contribution in [3.63, 3.8) is 0 Å². The minimum absolute atomic E-state index is 0.284. The SMILES string of the molecule is O=C(O)C1(C2C=CCCC2)CCCCCCC1. The second-order valence-electron chi connectivity index (χ2n) is 5.69. The van der Waals surface area contributed by atoms with Crippen LogP contribution >= 0.6 is 0 Å². The first-order valence-corrected chi connectivity index (χ1v) is 7.16. The van der Waals surface area contributed by atoms with Crippen LogP contribution in [0, 0.1) is 11.3 Å². The molecule has 2 aliphatic carbocycles. The van der Waals surface area contributed by atoms with Gasteiger partial charge in [0.2, 0.25) is 0 Å². The fourth-order valence-corrected chi connectivity index (χ4v) is 3.55. The molecule has 1 unspecified atom stereocenters. The fourth-order valence-electron chi connectivity index (χ4n) is 3.55. The molecule has 2 nitrogen and oxygen atoms in total. The van der Waals surface area contributed by atoms with Crippen LogP contribution in [-0.4, -0.2) is 11.1 Å². The van der Waals surface area contributed by atoms with E-state index in [2.05, 4.69) is 12.2 Å². The third kappa shape index (κ3) is 2.72. The molecule has 0 aromatic carbocycles. The van der Waals surface area contributed by atoms with Crippen molar-refractivity contribution in [3.05, 3.63) is 12.2 Å². The largest absolute Gasteiger partial charge is 0.481 e. The molecule has 1 fully saturated rings. The second-order valence-corrected chi connectivity index (χ2v) is 5.69. The molecule has 2 heteroatoms. The highest BCUT2D eigenvalue weighted by Crippen LogP contribution is 2.45. The summed E-state index contributed by atoms with van der Waals surface area (Å²) in [5.41, 5.74) is -0.447. The molecule has 0 heterocycles. The van der Waals surface area contributed by atoms with Gasteiger partial charge >= 0.3 is 5.97 Å². The van der Waals surface area contributed by atoms with Crippen LogP contribution in [0.4, 0.5) is 0 Å². The van der Waals surface area contributed by atoms with Crippen LogP contribution in [0.1, 0.15) is 64.2 Å². The summed E-state index contributed by atoms with van der Waals surface area (Å²) in [6, 6.07) is 0. The zero-order valence-corrected chi connectivity index (χ0v) is 10.7. The maximum absolute atomic E-state index is 11.8. The van der Waals surface area contributed by atoms with Crippen molar-refractivity contribution in [1.29, 1.82) is 0 Å². The van der Waals surface area contributed by atoms with E-state index in [9.17, 15) is 9.90 Å². The van der Waals surface area contributed by atoms with Crippen LogP contribution in [0.3, 0.4) is 0 Å². The average Bonchev–Trinajstić information content (AvgIpc) is 2.30. The van der Waals surface area contributed by atoms with Gasteiger partial charge in [0, 0.05) is 0 Å². The van der Waals surface area contributed by atoms with E-state index in [0.717, 1.165) is 44.9 Å². The highest BCUT2D eigenvalue weighted by Gasteiger charge is 2.44. The Kier molecular flexibility index (Phi) is 4.25. The van der Waals surface area contributed by atoms with Gasteiger partial charge in [-0.2, -0.15) is 0 Å². The molecule has 2 aliphatic rings. The molecule has 0 aromatic rings. The number of aliphatic carboxylic acids is 1. The Balaban J connectivity index is 2.19. The van der Waals surface area contributed by atoms with Crippen molar-refractivity contribution in [2.24, 2.45) is 11.3 Å². The molecule has 2 rings (SSSR count). The number of carboxylic acid groups (broad SMARTS) is 1. The molecule has 96 valence electrons. The Hall–Kier alpha value is -0.790. The molecule has 0 aromatic heterocycles. The quantitative estimate of drug-likeness (QED) is 0.731. The minimum Gasteiger partial charge on any atom is -0.481 e. The lowest BCUT2D eigenvalue weighted by Crippen LogP contribution is -2.39. The summed E-state index contributed by atoms with van der Waals surface area (Å²) in [7, 11) is 0. The number of carboxylic acids is 1. The molecule has 0 aliphatic heterocycles. The van der Waals surface area contributed by atoms with Crippen molar-refractivity contribution in [3.8, 4) is 0 Å². The zero-order chi connectivity index (χ0) is 12.1. The van der Waals surface area contributed by atoms with Gasteiger partial charge in [-0.25, -0.2) is 0 Å². The van der Waals surface area contributed by atoms with E-state index in [1.165, 1.54) is 19.3 Å². The van der Waals surface area contributed by atoms with E-state index in [0.29, 0.717) is 0 Å². The highest BCUT2D eigenvalue weighted by molar-refractivity contribution is 5.75. The van der Waals surface area contributed by atoms with E-state index >= 15 is 0 Å². The standard InChI is InChI=1S/C15H24O2/c16-14(17)15(13-9-5-4-6-10-13)11-7-2-1-3-8-12-15/h5,9,13H,1-4,6-8,10-12H2,(H,16,17). The summed E-state index contributed by atoms with van der Waals surface area (Å²) < 4.78 is 0. The molecular weight excluding hydrogens is 212 g/mol. The third-order valence-electron chi connectivity index (χ3n) is 4.64. The van der Waals surface area contributed by atoms with Gasteiger partial charge in [-0.3, -0.25) is 4.79 Å². The van der Waals surface area contributed by atoms with Crippen LogP contribution in [0.2, 0.25) is 0 Å². The van der Waals surface area contributed by atoms with Gasteiger partial charge < -0.3 is 5.11 Å². The number of rotatable bonds is 2. The van der Waals surface area contributed by atoms with Crippen LogP contribution in [0.5, 0.6) is 0 Å². The Labute approximate surface area is 104 Å². The van der Waals surface area contributed by atoms with E-state index in [-0.39, 0.29) is 5.92 Å². The number of allylic oxidation sites excluding steroid dienone is 2. The average molecular weight is 236 g/mol. The predicted molar refractivity (Wildman–Crippen MR) is 68.9 cm³/mol. The predicted octanol–water partition coefficient (Wildman–Crippen LogP) is 4.16. The molecule has 0 saturated heterocycles. The molecular formula is C15H24O2. The minimum atomic E-state index is -0.545. The van der Waals surface area contributed by atoms with Crippen LogP contribution < -0.4 is 0 Å². The lowest BCUT2D eigenvalue weighted by atomic mass is 9.65. The molecule has 0 spiro atoms. The monoisotopic (exact) mass is 236 g/mol. The lowest BCUT2D eigenvalue weighted by Gasteiger charge is -2.38. The maximum Gasteiger partial charge on any atom is 0.310 e. The normalized spacial score (nSPS) is 29.3. The van der Waals surface area contributed by atoms with Gasteiger partial charge in [-0.1, -0.05) is 44.3 Å². The molecule has 1 saturated carbocycles. The maximum atomic E-state index is 11.8. The summed E-state index contributed by atoms with van der Waals surface area (Å²) in [5.74, 6) is -0.261. The Morgan fingerprint density at radius 2 is 1.71 bits per heavy atom. The Morgan fingerprint density at radius 1 is 1.06 bits per heavy atom. The van der Waals surface area contributed by atoms with E-state index in [1.54, 1.807) is 0 Å². The van der Waals surface area contributed by atoms with Gasteiger partial charge in [-0.05, 0) is 38.0 Å². The summed E-state index contributed by atoms with van der Waals surface area (Å²) in [5, 5.41) is 9.72. The molecule has 0 amide bonds. The van der Waals surface area contributed by atoms with E-state index in [4.69, 9.17) is 0 Å². The molecule has 0 radical (unpaired) electrons. The topological polar surface area (TPSA) is 37.3 Å². The van der Waals surface area contributed by atoms with E-state index < -0.39 is 11.4 Å². The van der Waals surface area contributed by atoms with Crippen LogP contribution in [-0.2, 0) is 4.79 Å². The summed E-state index contributed by atoms with van der Waals surface area (Å²) >= 11 is 0. The first-order chi connectivity index (χ1) is 8.26. The van der Waals surface area contributed by atoms with Crippen molar-refractivity contribution in [1.82, 2.24) is 0 Å². The van der Waals surface area contributed by atoms with Crippen molar-refractivity contribution in [2.45, 2.75) is 64.2 Å². The number of carbonyl (C=O) groups is 1.